The summed E-state index contributed by atoms with van der Waals surface area (Å²) in [5, 5.41) is 11.1. The summed E-state index contributed by atoms with van der Waals surface area (Å²) in [6.07, 6.45) is 6.70. The van der Waals surface area contributed by atoms with E-state index in [1.54, 1.807) is 0 Å². The Balaban J connectivity index is 2.16. The van der Waals surface area contributed by atoms with Gasteiger partial charge >= 0.3 is 17.9 Å². The van der Waals surface area contributed by atoms with Gasteiger partial charge in [-0.1, -0.05) is 42.5 Å². The lowest BCUT2D eigenvalue weighted by atomic mass is 9.89. The van der Waals surface area contributed by atoms with Gasteiger partial charge in [0.05, 0.1) is 0 Å². The maximum Gasteiger partial charge on any atom is 0.303 e. The molecule has 182 valence electrons. The molecule has 3 atom stereocenters. The predicted octanol–water partition coefficient (Wildman–Crippen LogP) is 2.79. The molecule has 0 amide bonds. The molecule has 0 aliphatic heterocycles. The maximum atomic E-state index is 12.4. The second-order valence-electron chi connectivity index (χ2n) is 7.95. The zero-order valence-electron chi connectivity index (χ0n) is 19.6. The number of ketones is 1. The van der Waals surface area contributed by atoms with E-state index in [1.165, 1.54) is 51.2 Å². The number of aryl methyl sites for hydroxylation is 1. The Bertz CT molecular complexity index is 976. The molecular weight excluding hydrogens is 440 g/mol. The van der Waals surface area contributed by atoms with Crippen molar-refractivity contribution in [3.05, 3.63) is 71.8 Å². The van der Waals surface area contributed by atoms with Crippen molar-refractivity contribution in [3.8, 4) is 0 Å². The van der Waals surface area contributed by atoms with Gasteiger partial charge in [0.25, 0.3) is 0 Å². The van der Waals surface area contributed by atoms with Crippen LogP contribution >= 0.6 is 0 Å². The minimum absolute atomic E-state index is 0.183. The Morgan fingerprint density at radius 3 is 2.32 bits per heavy atom. The van der Waals surface area contributed by atoms with Gasteiger partial charge in [-0.15, -0.1) is 0 Å². The van der Waals surface area contributed by atoms with Gasteiger partial charge in [-0.2, -0.15) is 0 Å². The first-order valence-electron chi connectivity index (χ1n) is 11.0. The number of hydrogen-bond donors (Lipinski definition) is 1. The van der Waals surface area contributed by atoms with Crippen molar-refractivity contribution >= 4 is 23.7 Å². The van der Waals surface area contributed by atoms with Crippen LogP contribution in [0.1, 0.15) is 39.2 Å². The van der Waals surface area contributed by atoms with E-state index in [-0.39, 0.29) is 18.0 Å². The van der Waals surface area contributed by atoms with E-state index in [0.29, 0.717) is 12.8 Å². The Morgan fingerprint density at radius 1 is 1.03 bits per heavy atom. The lowest BCUT2D eigenvalue weighted by Crippen LogP contribution is -2.37. The fraction of sp³-hybridized carbons (Fsp3) is 0.385. The first-order chi connectivity index (χ1) is 16.1. The van der Waals surface area contributed by atoms with E-state index in [0.717, 1.165) is 12.0 Å². The molecule has 8 nitrogen and oxygen atoms in total. The highest BCUT2D eigenvalue weighted by Crippen LogP contribution is 2.31. The molecule has 0 fully saturated rings. The van der Waals surface area contributed by atoms with E-state index < -0.39 is 35.7 Å². The van der Waals surface area contributed by atoms with Crippen molar-refractivity contribution in [2.45, 2.75) is 57.8 Å². The first-order valence-corrected chi connectivity index (χ1v) is 11.0. The summed E-state index contributed by atoms with van der Waals surface area (Å²) >= 11 is 0. The molecule has 3 unspecified atom stereocenters. The number of allylic oxidation sites excluding steroid dienone is 3. The second kappa shape index (κ2) is 12.6. The van der Waals surface area contributed by atoms with Crippen LogP contribution in [0.4, 0.5) is 0 Å². The lowest BCUT2D eigenvalue weighted by Gasteiger charge is -2.24. The monoisotopic (exact) mass is 470 g/mol. The van der Waals surface area contributed by atoms with Crippen molar-refractivity contribution in [1.82, 2.24) is 0 Å². The van der Waals surface area contributed by atoms with Gasteiger partial charge in [-0.3, -0.25) is 19.2 Å². The minimum Gasteiger partial charge on any atom is -0.462 e. The Morgan fingerprint density at radius 2 is 1.71 bits per heavy atom. The molecule has 0 saturated carbocycles. The van der Waals surface area contributed by atoms with Crippen molar-refractivity contribution < 1.29 is 38.5 Å². The number of benzene rings is 1. The van der Waals surface area contributed by atoms with Crippen molar-refractivity contribution in [2.75, 3.05) is 6.61 Å². The largest absolute Gasteiger partial charge is 0.462 e. The molecule has 0 heterocycles. The Kier molecular flexibility index (Phi) is 9.94. The average Bonchev–Trinajstić information content (AvgIpc) is 3.04. The number of esters is 3. The summed E-state index contributed by atoms with van der Waals surface area (Å²) in [5.41, 5.74) is -0.0964. The highest BCUT2D eigenvalue weighted by atomic mass is 16.6. The van der Waals surface area contributed by atoms with Crippen LogP contribution in [0, 0.1) is 0 Å². The maximum absolute atomic E-state index is 12.4. The fourth-order valence-electron chi connectivity index (χ4n) is 3.56. The molecule has 1 aromatic rings. The van der Waals surface area contributed by atoms with Crippen LogP contribution in [0.2, 0.25) is 0 Å². The van der Waals surface area contributed by atoms with Gasteiger partial charge in [-0.05, 0) is 43.1 Å². The van der Waals surface area contributed by atoms with Crippen LogP contribution in [0.3, 0.4) is 0 Å². The number of rotatable bonds is 11. The summed E-state index contributed by atoms with van der Waals surface area (Å²) in [6, 6.07) is 9.84. The number of carbonyl (C=O) groups is 4. The van der Waals surface area contributed by atoms with Crippen LogP contribution < -0.4 is 0 Å². The molecule has 2 rings (SSSR count). The smallest absolute Gasteiger partial charge is 0.303 e. The van der Waals surface area contributed by atoms with Gasteiger partial charge in [0.1, 0.15) is 12.2 Å². The summed E-state index contributed by atoms with van der Waals surface area (Å²) in [4.78, 5) is 46.6. The Hall–Kier alpha value is -3.52. The molecule has 0 saturated heterocycles. The molecule has 34 heavy (non-hydrogen) atoms. The molecule has 1 aliphatic carbocycles. The molecule has 1 aromatic carbocycles. The fourth-order valence-corrected chi connectivity index (χ4v) is 3.56. The third kappa shape index (κ3) is 8.44. The van der Waals surface area contributed by atoms with Gasteiger partial charge < -0.3 is 19.3 Å². The number of ether oxygens (including phenoxy) is 3. The summed E-state index contributed by atoms with van der Waals surface area (Å²) in [7, 11) is 0. The van der Waals surface area contributed by atoms with Crippen LogP contribution in [0.5, 0.6) is 0 Å². The molecule has 0 aromatic heterocycles. The summed E-state index contributed by atoms with van der Waals surface area (Å²) in [6.45, 7) is 3.24. The van der Waals surface area contributed by atoms with E-state index in [1.807, 2.05) is 30.3 Å². The van der Waals surface area contributed by atoms with Crippen LogP contribution in [0.25, 0.3) is 0 Å². The van der Waals surface area contributed by atoms with Crippen LogP contribution in [-0.2, 0) is 39.8 Å². The molecule has 0 spiro atoms. The van der Waals surface area contributed by atoms with E-state index in [4.69, 9.17) is 14.2 Å². The normalized spacial score (nSPS) is 20.4. The molecular formula is C26H30O8. The summed E-state index contributed by atoms with van der Waals surface area (Å²) < 4.78 is 15.3. The highest BCUT2D eigenvalue weighted by molar-refractivity contribution is 6.09. The minimum atomic E-state index is -1.42. The zero-order chi connectivity index (χ0) is 25.1. The molecule has 1 N–H and O–H groups in total. The highest BCUT2D eigenvalue weighted by Gasteiger charge is 2.36. The summed E-state index contributed by atoms with van der Waals surface area (Å²) in [5.74, 6) is -2.21. The molecule has 8 heteroatoms. The molecule has 1 aliphatic rings. The number of hydrogen-bond acceptors (Lipinski definition) is 8. The van der Waals surface area contributed by atoms with Crippen molar-refractivity contribution in [3.63, 3.8) is 0 Å². The van der Waals surface area contributed by atoms with E-state index in [2.05, 4.69) is 0 Å². The van der Waals surface area contributed by atoms with Crippen molar-refractivity contribution in [1.29, 1.82) is 0 Å². The van der Waals surface area contributed by atoms with Gasteiger partial charge in [0.2, 0.25) is 0 Å². The van der Waals surface area contributed by atoms with Gasteiger partial charge in [0.15, 0.2) is 18.0 Å². The van der Waals surface area contributed by atoms with Gasteiger partial charge in [-0.25, -0.2) is 0 Å². The van der Waals surface area contributed by atoms with Crippen LogP contribution in [-0.4, -0.2) is 53.2 Å². The van der Waals surface area contributed by atoms with Gasteiger partial charge in [0, 0.05) is 26.3 Å². The zero-order valence-corrected chi connectivity index (χ0v) is 19.6. The van der Waals surface area contributed by atoms with Crippen molar-refractivity contribution in [2.24, 2.45) is 0 Å². The molecule has 0 radical (unpaired) electrons. The standard InChI is InChI=1S/C26H30O8/c1-18(27)32-17-25(34-20(3)29)24(33-19(2)28)13-7-12-22-23(30)14-16-26(22,31)15-8-11-21-9-5-4-6-10-21/h4-7,9-10,12-14,16,24-25,31H,8,11,15,17H2,1-3H3. The van der Waals surface area contributed by atoms with E-state index >= 15 is 0 Å². The quantitative estimate of drug-likeness (QED) is 0.298. The lowest BCUT2D eigenvalue weighted by molar-refractivity contribution is -0.169. The van der Waals surface area contributed by atoms with E-state index in [9.17, 15) is 24.3 Å². The third-order valence-corrected chi connectivity index (χ3v) is 5.11. The second-order valence-corrected chi connectivity index (χ2v) is 7.95. The SMILES string of the molecule is CC(=O)OCC(OC(C)=O)C(C=CC=C1C(=O)C=CC1(O)CCCc1ccccc1)OC(C)=O. The number of carbonyl (C=O) groups excluding carboxylic acids is 4. The Labute approximate surface area is 198 Å². The third-order valence-electron chi connectivity index (χ3n) is 5.11. The number of aliphatic hydroxyl groups is 1. The molecule has 0 bridgehead atoms. The first kappa shape index (κ1) is 26.7. The van der Waals surface area contributed by atoms with Crippen LogP contribution in [0.15, 0.2) is 66.3 Å². The predicted molar refractivity (Wildman–Crippen MR) is 123 cm³/mol. The topological polar surface area (TPSA) is 116 Å². The average molecular weight is 471 g/mol.